The molecular formula is C26H31N3O3. The fourth-order valence-electron chi connectivity index (χ4n) is 4.37. The zero-order chi connectivity index (χ0) is 22.2. The van der Waals surface area contributed by atoms with E-state index in [0.29, 0.717) is 26.2 Å². The Kier molecular flexibility index (Phi) is 7.22. The summed E-state index contributed by atoms with van der Waals surface area (Å²) in [5, 5.41) is 3.19. The van der Waals surface area contributed by atoms with E-state index >= 15 is 0 Å². The fourth-order valence-corrected chi connectivity index (χ4v) is 4.37. The Morgan fingerprint density at radius 2 is 1.94 bits per heavy atom. The third-order valence-electron chi connectivity index (χ3n) is 6.24. The summed E-state index contributed by atoms with van der Waals surface area (Å²) in [7, 11) is 1.68. The Morgan fingerprint density at radius 3 is 2.69 bits per heavy atom. The van der Waals surface area contributed by atoms with Crippen LogP contribution in [0.5, 0.6) is 5.75 Å². The van der Waals surface area contributed by atoms with E-state index in [-0.39, 0.29) is 5.91 Å². The van der Waals surface area contributed by atoms with E-state index in [9.17, 15) is 4.79 Å². The molecule has 1 aliphatic heterocycles. The van der Waals surface area contributed by atoms with Crippen LogP contribution in [0.2, 0.25) is 0 Å². The number of benzene rings is 2. The van der Waals surface area contributed by atoms with Crippen LogP contribution in [-0.2, 0) is 22.5 Å². The van der Waals surface area contributed by atoms with Crippen LogP contribution < -0.4 is 10.1 Å². The molecule has 1 aliphatic rings. The van der Waals surface area contributed by atoms with Crippen LogP contribution in [0.1, 0.15) is 24.8 Å². The van der Waals surface area contributed by atoms with Gasteiger partial charge in [0, 0.05) is 38.7 Å². The minimum atomic E-state index is -0.430. The highest BCUT2D eigenvalue weighted by atomic mass is 16.5. The molecule has 0 saturated carbocycles. The summed E-state index contributed by atoms with van der Waals surface area (Å²) in [6, 6.07) is 16.5. The second-order valence-electron chi connectivity index (χ2n) is 8.41. The molecule has 2 aromatic carbocycles. The van der Waals surface area contributed by atoms with Crippen LogP contribution in [-0.4, -0.2) is 42.3 Å². The summed E-state index contributed by atoms with van der Waals surface area (Å²) < 4.78 is 13.0. The minimum absolute atomic E-state index is 0.137. The summed E-state index contributed by atoms with van der Waals surface area (Å²) in [4.78, 5) is 17.4. The molecule has 0 bridgehead atoms. The monoisotopic (exact) mass is 433 g/mol. The zero-order valence-corrected chi connectivity index (χ0v) is 18.6. The maximum absolute atomic E-state index is 13.3. The maximum atomic E-state index is 13.3. The first-order valence-electron chi connectivity index (χ1n) is 11.2. The molecule has 0 unspecified atom stereocenters. The minimum Gasteiger partial charge on any atom is -0.497 e. The number of hydrogen-bond acceptors (Lipinski definition) is 4. The lowest BCUT2D eigenvalue weighted by molar-refractivity contribution is -0.136. The number of aryl methyl sites for hydroxylation is 1. The van der Waals surface area contributed by atoms with Gasteiger partial charge in [0.15, 0.2) is 0 Å². The van der Waals surface area contributed by atoms with Crippen molar-refractivity contribution in [2.24, 2.45) is 5.41 Å². The van der Waals surface area contributed by atoms with E-state index in [4.69, 9.17) is 9.47 Å². The third kappa shape index (κ3) is 5.37. The number of imidazole rings is 1. The predicted molar refractivity (Wildman–Crippen MR) is 124 cm³/mol. The number of hydrogen-bond donors (Lipinski definition) is 1. The van der Waals surface area contributed by atoms with Crippen LogP contribution in [0.4, 0.5) is 0 Å². The number of nitrogens with one attached hydrogen (secondary N) is 1. The smallest absolute Gasteiger partial charge is 0.226 e. The summed E-state index contributed by atoms with van der Waals surface area (Å²) in [6.45, 7) is 2.75. The van der Waals surface area contributed by atoms with E-state index in [1.165, 1.54) is 5.56 Å². The van der Waals surface area contributed by atoms with E-state index in [2.05, 4.69) is 40.6 Å². The standard InChI is InChI=1S/C26H31N3O3/c1-31-24-8-3-7-23(18-24)22-6-2-5-21(17-22)19-26(9-15-32-16-10-26)25(30)28-11-4-13-29-14-12-27-20-29/h2-3,5-8,12,14,17-18,20H,4,9-11,13,15-16,19H2,1H3,(H,28,30). The highest BCUT2D eigenvalue weighted by Gasteiger charge is 2.39. The largest absolute Gasteiger partial charge is 0.497 e. The molecule has 1 N–H and O–H groups in total. The number of nitrogens with zero attached hydrogens (tertiary/aromatic N) is 2. The van der Waals surface area contributed by atoms with Gasteiger partial charge in [-0.25, -0.2) is 4.98 Å². The molecule has 6 nitrogen and oxygen atoms in total. The number of methoxy groups -OCH3 is 1. The molecule has 0 aliphatic carbocycles. The summed E-state index contributed by atoms with van der Waals surface area (Å²) >= 11 is 0. The number of carbonyl (C=O) groups is 1. The Balaban J connectivity index is 1.45. The van der Waals surface area contributed by atoms with Crippen molar-refractivity contribution in [1.82, 2.24) is 14.9 Å². The van der Waals surface area contributed by atoms with Gasteiger partial charge in [-0.3, -0.25) is 4.79 Å². The number of amides is 1. The number of rotatable bonds is 9. The van der Waals surface area contributed by atoms with Crippen LogP contribution in [0.3, 0.4) is 0 Å². The van der Waals surface area contributed by atoms with Gasteiger partial charge in [-0.1, -0.05) is 36.4 Å². The number of ether oxygens (including phenoxy) is 2. The predicted octanol–water partition coefficient (Wildman–Crippen LogP) is 4.10. The highest BCUT2D eigenvalue weighted by molar-refractivity contribution is 5.83. The maximum Gasteiger partial charge on any atom is 0.226 e. The lowest BCUT2D eigenvalue weighted by atomic mass is 9.74. The van der Waals surface area contributed by atoms with Gasteiger partial charge in [0.2, 0.25) is 5.91 Å². The van der Waals surface area contributed by atoms with Crippen molar-refractivity contribution in [3.05, 3.63) is 72.8 Å². The Labute approximate surface area is 189 Å². The second kappa shape index (κ2) is 10.5. The van der Waals surface area contributed by atoms with Crippen molar-refractivity contribution in [3.8, 4) is 16.9 Å². The van der Waals surface area contributed by atoms with Crippen LogP contribution in [0.25, 0.3) is 11.1 Å². The van der Waals surface area contributed by atoms with Crippen LogP contribution in [0.15, 0.2) is 67.3 Å². The van der Waals surface area contributed by atoms with Gasteiger partial charge in [-0.05, 0) is 54.5 Å². The molecule has 32 heavy (non-hydrogen) atoms. The third-order valence-corrected chi connectivity index (χ3v) is 6.24. The molecular weight excluding hydrogens is 402 g/mol. The average molecular weight is 434 g/mol. The molecule has 1 aromatic heterocycles. The Bertz CT molecular complexity index is 1010. The highest BCUT2D eigenvalue weighted by Crippen LogP contribution is 2.36. The first kappa shape index (κ1) is 22.1. The lowest BCUT2D eigenvalue weighted by Gasteiger charge is -2.36. The van der Waals surface area contributed by atoms with Gasteiger partial charge in [0.25, 0.3) is 0 Å². The molecule has 2 heterocycles. The quantitative estimate of drug-likeness (QED) is 0.516. The molecule has 0 radical (unpaired) electrons. The molecule has 0 atom stereocenters. The average Bonchev–Trinajstić information content (AvgIpc) is 3.36. The summed E-state index contributed by atoms with van der Waals surface area (Å²) in [5.41, 5.74) is 2.97. The van der Waals surface area contributed by atoms with E-state index in [0.717, 1.165) is 42.7 Å². The Morgan fingerprint density at radius 1 is 1.16 bits per heavy atom. The van der Waals surface area contributed by atoms with Crippen molar-refractivity contribution >= 4 is 5.91 Å². The Hall–Kier alpha value is -3.12. The molecule has 1 saturated heterocycles. The van der Waals surface area contributed by atoms with E-state index in [1.807, 2.05) is 29.0 Å². The van der Waals surface area contributed by atoms with E-state index in [1.54, 1.807) is 19.6 Å². The zero-order valence-electron chi connectivity index (χ0n) is 18.6. The topological polar surface area (TPSA) is 65.4 Å². The first-order valence-corrected chi connectivity index (χ1v) is 11.2. The molecule has 1 amide bonds. The van der Waals surface area contributed by atoms with Crippen molar-refractivity contribution in [2.75, 3.05) is 26.9 Å². The molecule has 6 heteroatoms. The van der Waals surface area contributed by atoms with Gasteiger partial charge in [-0.2, -0.15) is 0 Å². The van der Waals surface area contributed by atoms with Crippen molar-refractivity contribution in [1.29, 1.82) is 0 Å². The number of carbonyl (C=O) groups excluding carboxylic acids is 1. The van der Waals surface area contributed by atoms with Crippen molar-refractivity contribution in [3.63, 3.8) is 0 Å². The second-order valence-corrected chi connectivity index (χ2v) is 8.41. The molecule has 0 spiro atoms. The lowest BCUT2D eigenvalue weighted by Crippen LogP contribution is -2.46. The first-order chi connectivity index (χ1) is 15.7. The van der Waals surface area contributed by atoms with E-state index < -0.39 is 5.41 Å². The number of aromatic nitrogens is 2. The van der Waals surface area contributed by atoms with Gasteiger partial charge in [0.1, 0.15) is 5.75 Å². The normalized spacial score (nSPS) is 15.3. The molecule has 1 fully saturated rings. The summed E-state index contributed by atoms with van der Waals surface area (Å²) in [6.07, 6.45) is 8.58. The van der Waals surface area contributed by atoms with Gasteiger partial charge < -0.3 is 19.4 Å². The fraction of sp³-hybridized carbons (Fsp3) is 0.385. The molecule has 3 aromatic rings. The van der Waals surface area contributed by atoms with Crippen molar-refractivity contribution in [2.45, 2.75) is 32.2 Å². The van der Waals surface area contributed by atoms with Crippen molar-refractivity contribution < 1.29 is 14.3 Å². The van der Waals surface area contributed by atoms with Gasteiger partial charge >= 0.3 is 0 Å². The van der Waals surface area contributed by atoms with Crippen LogP contribution >= 0.6 is 0 Å². The van der Waals surface area contributed by atoms with Crippen LogP contribution in [0, 0.1) is 5.41 Å². The SMILES string of the molecule is COc1cccc(-c2cccc(CC3(C(=O)NCCCn4ccnc4)CCOCC3)c2)c1. The molecule has 4 rings (SSSR count). The van der Waals surface area contributed by atoms with Gasteiger partial charge in [-0.15, -0.1) is 0 Å². The van der Waals surface area contributed by atoms with Gasteiger partial charge in [0.05, 0.1) is 18.9 Å². The molecule has 168 valence electrons. The summed E-state index contributed by atoms with van der Waals surface area (Å²) in [5.74, 6) is 0.974.